The number of thiazole rings is 1. The Morgan fingerprint density at radius 2 is 2.20 bits per heavy atom. The normalized spacial score (nSPS) is 24.0. The highest BCUT2D eigenvalue weighted by Gasteiger charge is 2.29. The van der Waals surface area contributed by atoms with Gasteiger partial charge >= 0.3 is 0 Å². The van der Waals surface area contributed by atoms with E-state index in [4.69, 9.17) is 4.74 Å². The lowest BCUT2D eigenvalue weighted by Gasteiger charge is -2.24. The molecule has 2 heterocycles. The lowest BCUT2D eigenvalue weighted by atomic mass is 9.87. The molecule has 0 bridgehead atoms. The first-order valence-electron chi connectivity index (χ1n) is 7.65. The Morgan fingerprint density at radius 3 is 2.95 bits per heavy atom. The molecule has 0 spiro atoms. The van der Waals surface area contributed by atoms with Crippen molar-refractivity contribution in [2.75, 3.05) is 13.1 Å². The average Bonchev–Trinajstić information content (AvgIpc) is 3.12. The summed E-state index contributed by atoms with van der Waals surface area (Å²) >= 11 is 1.51. The zero-order valence-corrected chi connectivity index (χ0v) is 12.6. The van der Waals surface area contributed by atoms with Crippen LogP contribution in [0.1, 0.15) is 44.9 Å². The third-order valence-corrected chi connectivity index (χ3v) is 5.02. The molecule has 3 rings (SSSR count). The standard InChI is InChI=1S/C15H22N2O2S/c18-14(10-12-4-2-1-3-5-12)17-8-6-13(11-17)19-15-16-7-9-20-15/h7,9,12-13H,1-6,8,10-11H2. The summed E-state index contributed by atoms with van der Waals surface area (Å²) in [5.74, 6) is 0.942. The van der Waals surface area contributed by atoms with E-state index < -0.39 is 0 Å². The van der Waals surface area contributed by atoms with Gasteiger partial charge in [-0.05, 0) is 18.8 Å². The maximum Gasteiger partial charge on any atom is 0.273 e. The van der Waals surface area contributed by atoms with Gasteiger partial charge in [-0.15, -0.1) is 0 Å². The van der Waals surface area contributed by atoms with Gasteiger partial charge in [-0.2, -0.15) is 0 Å². The van der Waals surface area contributed by atoms with Crippen molar-refractivity contribution in [3.63, 3.8) is 0 Å². The van der Waals surface area contributed by atoms with E-state index >= 15 is 0 Å². The van der Waals surface area contributed by atoms with Crippen LogP contribution in [-0.2, 0) is 4.79 Å². The second kappa shape index (κ2) is 6.57. The number of carbonyl (C=O) groups excluding carboxylic acids is 1. The van der Waals surface area contributed by atoms with Crippen molar-refractivity contribution in [2.45, 2.75) is 51.0 Å². The van der Waals surface area contributed by atoms with E-state index in [9.17, 15) is 4.79 Å². The van der Waals surface area contributed by atoms with Gasteiger partial charge in [0.2, 0.25) is 5.91 Å². The van der Waals surface area contributed by atoms with Gasteiger partial charge in [-0.1, -0.05) is 30.6 Å². The second-order valence-electron chi connectivity index (χ2n) is 5.87. The van der Waals surface area contributed by atoms with Crippen molar-refractivity contribution >= 4 is 17.2 Å². The highest BCUT2D eigenvalue weighted by molar-refractivity contribution is 7.11. The molecule has 5 heteroatoms. The first kappa shape index (κ1) is 13.9. The van der Waals surface area contributed by atoms with E-state index in [0.29, 0.717) is 11.8 Å². The number of hydrogen-bond donors (Lipinski definition) is 0. The van der Waals surface area contributed by atoms with Crippen LogP contribution >= 0.6 is 11.3 Å². The van der Waals surface area contributed by atoms with Crippen molar-refractivity contribution in [2.24, 2.45) is 5.92 Å². The minimum Gasteiger partial charge on any atom is -0.465 e. The van der Waals surface area contributed by atoms with Gasteiger partial charge in [0.25, 0.3) is 5.19 Å². The number of amides is 1. The topological polar surface area (TPSA) is 42.4 Å². The molecular formula is C15H22N2O2S. The predicted molar refractivity (Wildman–Crippen MR) is 78.9 cm³/mol. The fourth-order valence-corrected chi connectivity index (χ4v) is 3.78. The molecule has 0 radical (unpaired) electrons. The largest absolute Gasteiger partial charge is 0.465 e. The quantitative estimate of drug-likeness (QED) is 0.857. The zero-order valence-electron chi connectivity index (χ0n) is 11.8. The molecule has 1 saturated heterocycles. The summed E-state index contributed by atoms with van der Waals surface area (Å²) in [6, 6.07) is 0. The molecule has 110 valence electrons. The molecular weight excluding hydrogens is 272 g/mol. The lowest BCUT2D eigenvalue weighted by Crippen LogP contribution is -2.32. The third-order valence-electron chi connectivity index (χ3n) is 4.36. The predicted octanol–water partition coefficient (Wildman–Crippen LogP) is 3.09. The Hall–Kier alpha value is -1.10. The molecule has 1 aromatic heterocycles. The first-order chi connectivity index (χ1) is 9.81. The molecule has 0 aromatic carbocycles. The number of ether oxygens (including phenoxy) is 1. The fourth-order valence-electron chi connectivity index (χ4n) is 3.23. The molecule has 1 saturated carbocycles. The molecule has 1 aliphatic heterocycles. The van der Waals surface area contributed by atoms with E-state index in [1.165, 1.54) is 43.4 Å². The highest BCUT2D eigenvalue weighted by atomic mass is 32.1. The summed E-state index contributed by atoms with van der Waals surface area (Å²) in [5.41, 5.74) is 0. The number of likely N-dealkylation sites (tertiary alicyclic amines) is 1. The van der Waals surface area contributed by atoms with Crippen LogP contribution in [0.2, 0.25) is 0 Å². The van der Waals surface area contributed by atoms with Crippen molar-refractivity contribution in [1.82, 2.24) is 9.88 Å². The van der Waals surface area contributed by atoms with Crippen LogP contribution in [0.25, 0.3) is 0 Å². The van der Waals surface area contributed by atoms with E-state index in [0.717, 1.165) is 31.1 Å². The Balaban J connectivity index is 1.45. The van der Waals surface area contributed by atoms with Crippen molar-refractivity contribution < 1.29 is 9.53 Å². The molecule has 1 aliphatic carbocycles. The van der Waals surface area contributed by atoms with Crippen LogP contribution in [-0.4, -0.2) is 35.0 Å². The summed E-state index contributed by atoms with van der Waals surface area (Å²) in [5, 5.41) is 2.63. The molecule has 4 nitrogen and oxygen atoms in total. The first-order valence-corrected chi connectivity index (χ1v) is 8.53. The Bertz CT molecular complexity index is 429. The van der Waals surface area contributed by atoms with Gasteiger partial charge < -0.3 is 9.64 Å². The number of hydrogen-bond acceptors (Lipinski definition) is 4. The summed E-state index contributed by atoms with van der Waals surface area (Å²) in [7, 11) is 0. The number of rotatable bonds is 4. The number of nitrogens with zero attached hydrogens (tertiary/aromatic N) is 2. The SMILES string of the molecule is O=C(CC1CCCCC1)N1CCC(Oc2nccs2)C1. The van der Waals surface area contributed by atoms with Gasteiger partial charge in [0.1, 0.15) is 6.10 Å². The van der Waals surface area contributed by atoms with E-state index in [2.05, 4.69) is 4.98 Å². The molecule has 20 heavy (non-hydrogen) atoms. The summed E-state index contributed by atoms with van der Waals surface area (Å²) in [4.78, 5) is 18.4. The van der Waals surface area contributed by atoms with Crippen molar-refractivity contribution in [1.29, 1.82) is 0 Å². The summed E-state index contributed by atoms with van der Waals surface area (Å²) in [6.45, 7) is 1.56. The zero-order chi connectivity index (χ0) is 13.8. The van der Waals surface area contributed by atoms with Gasteiger partial charge in [-0.3, -0.25) is 4.79 Å². The van der Waals surface area contributed by atoms with Crippen molar-refractivity contribution in [3.05, 3.63) is 11.6 Å². The number of carbonyl (C=O) groups is 1. The summed E-state index contributed by atoms with van der Waals surface area (Å²) in [6.07, 6.45) is 9.95. The Labute approximate surface area is 124 Å². The van der Waals surface area contributed by atoms with Crippen LogP contribution in [0.4, 0.5) is 0 Å². The van der Waals surface area contributed by atoms with Gasteiger partial charge in [-0.25, -0.2) is 4.98 Å². The lowest BCUT2D eigenvalue weighted by molar-refractivity contribution is -0.131. The van der Waals surface area contributed by atoms with Crippen LogP contribution in [0.15, 0.2) is 11.6 Å². The minimum atomic E-state index is 0.122. The molecule has 1 aromatic rings. The number of aromatic nitrogens is 1. The van der Waals surface area contributed by atoms with Crippen LogP contribution in [0, 0.1) is 5.92 Å². The monoisotopic (exact) mass is 294 g/mol. The van der Waals surface area contributed by atoms with Gasteiger partial charge in [0.15, 0.2) is 0 Å². The smallest absolute Gasteiger partial charge is 0.273 e. The molecule has 2 aliphatic rings. The highest BCUT2D eigenvalue weighted by Crippen LogP contribution is 2.28. The third kappa shape index (κ3) is 3.51. The Kier molecular flexibility index (Phi) is 4.55. The van der Waals surface area contributed by atoms with Crippen LogP contribution in [0.5, 0.6) is 5.19 Å². The van der Waals surface area contributed by atoms with Crippen molar-refractivity contribution in [3.8, 4) is 5.19 Å². The molecule has 1 unspecified atom stereocenters. The fraction of sp³-hybridized carbons (Fsp3) is 0.733. The van der Waals surface area contributed by atoms with E-state index in [1.807, 2.05) is 10.3 Å². The van der Waals surface area contributed by atoms with E-state index in [-0.39, 0.29) is 6.10 Å². The molecule has 1 amide bonds. The minimum absolute atomic E-state index is 0.122. The van der Waals surface area contributed by atoms with Gasteiger partial charge in [0.05, 0.1) is 6.54 Å². The van der Waals surface area contributed by atoms with E-state index in [1.54, 1.807) is 6.20 Å². The average molecular weight is 294 g/mol. The summed E-state index contributed by atoms with van der Waals surface area (Å²) < 4.78 is 5.80. The molecule has 1 atom stereocenters. The second-order valence-corrected chi connectivity index (χ2v) is 6.73. The molecule has 2 fully saturated rings. The van der Waals surface area contributed by atoms with Crippen LogP contribution in [0.3, 0.4) is 0 Å². The van der Waals surface area contributed by atoms with Crippen LogP contribution < -0.4 is 4.74 Å². The Morgan fingerprint density at radius 1 is 1.35 bits per heavy atom. The van der Waals surface area contributed by atoms with Gasteiger partial charge in [0, 0.05) is 31.0 Å². The molecule has 0 N–H and O–H groups in total. The maximum absolute atomic E-state index is 12.3. The maximum atomic E-state index is 12.3.